The standard InChI is InChI=1S/C11H11N.C2H6/c1-8-5-6-10-9(7-8)3-2-4-11(10)12;1-2/h2-7H,12H2,1H3;1-2H3. The Balaban J connectivity index is 0.000000461. The van der Waals surface area contributed by atoms with Crippen LogP contribution in [0.2, 0.25) is 0 Å². The smallest absolute Gasteiger partial charge is 0.0393 e. The molecule has 2 aromatic carbocycles. The highest BCUT2D eigenvalue weighted by Crippen LogP contribution is 2.21. The number of benzene rings is 2. The Morgan fingerprint density at radius 2 is 1.71 bits per heavy atom. The second kappa shape index (κ2) is 4.66. The van der Waals surface area contributed by atoms with E-state index < -0.39 is 0 Å². The third kappa shape index (κ3) is 2.05. The van der Waals surface area contributed by atoms with Crippen LogP contribution in [0.1, 0.15) is 19.4 Å². The van der Waals surface area contributed by atoms with Crippen LogP contribution in [0.15, 0.2) is 36.4 Å². The molecule has 74 valence electrons. The lowest BCUT2D eigenvalue weighted by Crippen LogP contribution is -1.85. The van der Waals surface area contributed by atoms with Crippen LogP contribution >= 0.6 is 0 Å². The van der Waals surface area contributed by atoms with E-state index in [2.05, 4.69) is 31.2 Å². The quantitative estimate of drug-likeness (QED) is 0.624. The van der Waals surface area contributed by atoms with Crippen molar-refractivity contribution in [1.29, 1.82) is 0 Å². The molecule has 1 heteroatoms. The van der Waals surface area contributed by atoms with Crippen LogP contribution in [0.3, 0.4) is 0 Å². The van der Waals surface area contributed by atoms with Crippen molar-refractivity contribution in [3.8, 4) is 0 Å². The first-order valence-corrected chi connectivity index (χ1v) is 5.02. The van der Waals surface area contributed by atoms with E-state index in [1.807, 2.05) is 26.0 Å². The number of nitrogen functional groups attached to an aromatic ring is 1. The highest BCUT2D eigenvalue weighted by atomic mass is 14.5. The van der Waals surface area contributed by atoms with Crippen LogP contribution in [0.4, 0.5) is 5.69 Å². The molecule has 2 aromatic rings. The van der Waals surface area contributed by atoms with Crippen LogP contribution in [0.25, 0.3) is 10.8 Å². The number of anilines is 1. The number of fused-ring (bicyclic) bond motifs is 1. The second-order valence-electron chi connectivity index (χ2n) is 3.07. The van der Waals surface area contributed by atoms with E-state index in [9.17, 15) is 0 Å². The lowest BCUT2D eigenvalue weighted by atomic mass is 10.1. The Kier molecular flexibility index (Phi) is 3.52. The molecule has 0 saturated carbocycles. The van der Waals surface area contributed by atoms with Crippen molar-refractivity contribution in [3.63, 3.8) is 0 Å². The molecule has 0 aliphatic heterocycles. The van der Waals surface area contributed by atoms with Gasteiger partial charge in [-0.3, -0.25) is 0 Å². The average Bonchev–Trinajstić information content (AvgIpc) is 2.21. The minimum atomic E-state index is 0.854. The average molecular weight is 187 g/mol. The van der Waals surface area contributed by atoms with Crippen LogP contribution in [-0.2, 0) is 0 Å². The lowest BCUT2D eigenvalue weighted by molar-refractivity contribution is 1.50. The molecule has 0 saturated heterocycles. The zero-order valence-corrected chi connectivity index (χ0v) is 9.04. The summed E-state index contributed by atoms with van der Waals surface area (Å²) in [5.41, 5.74) is 7.93. The Morgan fingerprint density at radius 1 is 1.00 bits per heavy atom. The Labute approximate surface area is 85.6 Å². The van der Waals surface area contributed by atoms with Gasteiger partial charge in [0.15, 0.2) is 0 Å². The summed E-state index contributed by atoms with van der Waals surface area (Å²) in [6, 6.07) is 12.3. The normalized spacial score (nSPS) is 9.36. The molecular formula is C13H17N. The van der Waals surface area contributed by atoms with E-state index in [-0.39, 0.29) is 0 Å². The molecule has 0 fully saturated rings. The first-order valence-electron chi connectivity index (χ1n) is 5.02. The fourth-order valence-electron chi connectivity index (χ4n) is 1.43. The topological polar surface area (TPSA) is 26.0 Å². The third-order valence-corrected chi connectivity index (χ3v) is 2.07. The molecule has 0 aliphatic rings. The van der Waals surface area contributed by atoms with Gasteiger partial charge in [-0.05, 0) is 18.4 Å². The van der Waals surface area contributed by atoms with Gasteiger partial charge in [0.05, 0.1) is 0 Å². The lowest BCUT2D eigenvalue weighted by Gasteiger charge is -2.01. The van der Waals surface area contributed by atoms with Gasteiger partial charge in [-0.1, -0.05) is 49.7 Å². The van der Waals surface area contributed by atoms with Gasteiger partial charge in [-0.15, -0.1) is 0 Å². The van der Waals surface area contributed by atoms with Gasteiger partial charge in [-0.2, -0.15) is 0 Å². The molecule has 0 aromatic heterocycles. The molecule has 0 radical (unpaired) electrons. The molecule has 0 aliphatic carbocycles. The van der Waals surface area contributed by atoms with E-state index in [1.54, 1.807) is 0 Å². The maximum Gasteiger partial charge on any atom is 0.0393 e. The van der Waals surface area contributed by atoms with E-state index in [0.29, 0.717) is 0 Å². The maximum absolute atomic E-state index is 5.81. The van der Waals surface area contributed by atoms with Crippen molar-refractivity contribution in [2.24, 2.45) is 0 Å². The van der Waals surface area contributed by atoms with Crippen LogP contribution in [0, 0.1) is 6.92 Å². The van der Waals surface area contributed by atoms with Crippen molar-refractivity contribution in [2.45, 2.75) is 20.8 Å². The van der Waals surface area contributed by atoms with Crippen LogP contribution in [-0.4, -0.2) is 0 Å². The monoisotopic (exact) mass is 187 g/mol. The summed E-state index contributed by atoms with van der Waals surface area (Å²) in [6.45, 7) is 6.09. The van der Waals surface area contributed by atoms with Gasteiger partial charge in [0.25, 0.3) is 0 Å². The molecule has 2 rings (SSSR count). The Bertz CT molecular complexity index is 419. The molecule has 0 heterocycles. The fourth-order valence-corrected chi connectivity index (χ4v) is 1.43. The zero-order valence-electron chi connectivity index (χ0n) is 9.04. The minimum absolute atomic E-state index is 0.854. The highest BCUT2D eigenvalue weighted by molar-refractivity contribution is 5.93. The number of rotatable bonds is 0. The molecule has 14 heavy (non-hydrogen) atoms. The highest BCUT2D eigenvalue weighted by Gasteiger charge is 1.95. The van der Waals surface area contributed by atoms with Gasteiger partial charge in [0.1, 0.15) is 0 Å². The largest absolute Gasteiger partial charge is 0.398 e. The van der Waals surface area contributed by atoms with Gasteiger partial charge in [0, 0.05) is 11.1 Å². The summed E-state index contributed by atoms with van der Waals surface area (Å²) < 4.78 is 0. The van der Waals surface area contributed by atoms with Gasteiger partial charge >= 0.3 is 0 Å². The van der Waals surface area contributed by atoms with Gasteiger partial charge in [0.2, 0.25) is 0 Å². The van der Waals surface area contributed by atoms with E-state index in [1.165, 1.54) is 10.9 Å². The molecule has 0 unspecified atom stereocenters. The Morgan fingerprint density at radius 3 is 2.43 bits per heavy atom. The van der Waals surface area contributed by atoms with Gasteiger partial charge in [-0.25, -0.2) is 0 Å². The van der Waals surface area contributed by atoms with Crippen molar-refractivity contribution >= 4 is 16.5 Å². The fraction of sp³-hybridized carbons (Fsp3) is 0.231. The van der Waals surface area contributed by atoms with Crippen molar-refractivity contribution < 1.29 is 0 Å². The van der Waals surface area contributed by atoms with Crippen LogP contribution < -0.4 is 5.73 Å². The summed E-state index contributed by atoms with van der Waals surface area (Å²) in [7, 11) is 0. The van der Waals surface area contributed by atoms with E-state index in [0.717, 1.165) is 11.1 Å². The zero-order chi connectivity index (χ0) is 10.6. The first-order chi connectivity index (χ1) is 6.77. The van der Waals surface area contributed by atoms with Crippen molar-refractivity contribution in [1.82, 2.24) is 0 Å². The predicted octanol–water partition coefficient (Wildman–Crippen LogP) is 3.76. The van der Waals surface area contributed by atoms with Crippen molar-refractivity contribution in [3.05, 3.63) is 42.0 Å². The summed E-state index contributed by atoms with van der Waals surface area (Å²) >= 11 is 0. The number of nitrogens with two attached hydrogens (primary N) is 1. The number of hydrogen-bond acceptors (Lipinski definition) is 1. The van der Waals surface area contributed by atoms with E-state index >= 15 is 0 Å². The molecule has 1 nitrogen and oxygen atoms in total. The predicted molar refractivity (Wildman–Crippen MR) is 64.4 cm³/mol. The number of aryl methyl sites for hydroxylation is 1. The summed E-state index contributed by atoms with van der Waals surface area (Å²) in [5, 5.41) is 2.36. The SMILES string of the molecule is CC.Cc1ccc2c(N)cccc2c1. The van der Waals surface area contributed by atoms with E-state index in [4.69, 9.17) is 5.73 Å². The maximum atomic E-state index is 5.81. The molecule has 2 N–H and O–H groups in total. The molecular weight excluding hydrogens is 170 g/mol. The summed E-state index contributed by atoms with van der Waals surface area (Å²) in [5.74, 6) is 0. The van der Waals surface area contributed by atoms with Gasteiger partial charge < -0.3 is 5.73 Å². The third-order valence-electron chi connectivity index (χ3n) is 2.07. The van der Waals surface area contributed by atoms with Crippen molar-refractivity contribution in [2.75, 3.05) is 5.73 Å². The minimum Gasteiger partial charge on any atom is -0.398 e. The number of hydrogen-bond donors (Lipinski definition) is 1. The van der Waals surface area contributed by atoms with Crippen LogP contribution in [0.5, 0.6) is 0 Å². The molecule has 0 atom stereocenters. The molecule has 0 spiro atoms. The summed E-state index contributed by atoms with van der Waals surface area (Å²) in [4.78, 5) is 0. The summed E-state index contributed by atoms with van der Waals surface area (Å²) in [6.07, 6.45) is 0. The second-order valence-corrected chi connectivity index (χ2v) is 3.07. The molecule has 0 bridgehead atoms. The first kappa shape index (κ1) is 10.6. The Hall–Kier alpha value is -1.50. The molecule has 0 amide bonds.